The van der Waals surface area contributed by atoms with Crippen LogP contribution in [0.2, 0.25) is 5.02 Å². The summed E-state index contributed by atoms with van der Waals surface area (Å²) in [6, 6.07) is 10.7. The quantitative estimate of drug-likeness (QED) is 0.286. The largest absolute Gasteiger partial charge is 0.495 e. The number of aromatic nitrogens is 4. The average molecular weight is 457 g/mol. The molecule has 0 aliphatic carbocycles. The molecule has 0 saturated carbocycles. The SMILES string of the molecule is CCCc1noc(CSc2nc3cc(Cl)ccc3c(=O)n2-c2cc(C)ccc2OC)n1. The van der Waals surface area contributed by atoms with E-state index in [1.807, 2.05) is 25.1 Å². The molecule has 160 valence electrons. The monoisotopic (exact) mass is 456 g/mol. The lowest BCUT2D eigenvalue weighted by atomic mass is 10.2. The number of fused-ring (bicyclic) bond motifs is 1. The third-order valence-electron chi connectivity index (χ3n) is 4.68. The number of aryl methyl sites for hydroxylation is 2. The molecule has 7 nitrogen and oxygen atoms in total. The molecule has 2 heterocycles. The predicted molar refractivity (Wildman–Crippen MR) is 121 cm³/mol. The number of ether oxygens (including phenoxy) is 1. The molecule has 4 rings (SSSR count). The van der Waals surface area contributed by atoms with Gasteiger partial charge in [0.1, 0.15) is 5.75 Å². The highest BCUT2D eigenvalue weighted by atomic mass is 35.5. The minimum atomic E-state index is -0.203. The summed E-state index contributed by atoms with van der Waals surface area (Å²) in [7, 11) is 1.58. The number of rotatable bonds is 7. The summed E-state index contributed by atoms with van der Waals surface area (Å²) >= 11 is 7.49. The van der Waals surface area contributed by atoms with Crippen molar-refractivity contribution in [3.8, 4) is 11.4 Å². The topological polar surface area (TPSA) is 83.0 Å². The van der Waals surface area contributed by atoms with Crippen LogP contribution in [-0.4, -0.2) is 26.8 Å². The Morgan fingerprint density at radius 1 is 1.19 bits per heavy atom. The minimum Gasteiger partial charge on any atom is -0.495 e. The Balaban J connectivity index is 1.85. The van der Waals surface area contributed by atoms with Crippen molar-refractivity contribution >= 4 is 34.3 Å². The van der Waals surface area contributed by atoms with Crippen molar-refractivity contribution in [3.63, 3.8) is 0 Å². The van der Waals surface area contributed by atoms with Crippen LogP contribution in [0, 0.1) is 6.92 Å². The second kappa shape index (κ2) is 9.11. The van der Waals surface area contributed by atoms with Gasteiger partial charge in [0.15, 0.2) is 11.0 Å². The molecule has 4 aromatic rings. The molecule has 0 spiro atoms. The third kappa shape index (κ3) is 4.45. The number of benzene rings is 2. The smallest absolute Gasteiger partial charge is 0.266 e. The minimum absolute atomic E-state index is 0.203. The van der Waals surface area contributed by atoms with E-state index in [0.717, 1.165) is 18.4 Å². The van der Waals surface area contributed by atoms with Gasteiger partial charge in [-0.05, 0) is 49.2 Å². The summed E-state index contributed by atoms with van der Waals surface area (Å²) in [6.45, 7) is 4.02. The molecule has 0 unspecified atom stereocenters. The number of thioether (sulfide) groups is 1. The molecule has 0 atom stereocenters. The van der Waals surface area contributed by atoms with E-state index in [4.69, 9.17) is 25.8 Å². The van der Waals surface area contributed by atoms with Crippen LogP contribution in [0.15, 0.2) is 50.9 Å². The van der Waals surface area contributed by atoms with Crippen LogP contribution in [0.25, 0.3) is 16.6 Å². The first-order valence-electron chi connectivity index (χ1n) is 9.81. The normalized spacial score (nSPS) is 11.2. The lowest BCUT2D eigenvalue weighted by molar-refractivity contribution is 0.384. The molecular formula is C22H21ClN4O3S. The first kappa shape index (κ1) is 21.4. The van der Waals surface area contributed by atoms with Crippen molar-refractivity contribution in [2.75, 3.05) is 7.11 Å². The zero-order valence-corrected chi connectivity index (χ0v) is 19.0. The molecule has 9 heteroatoms. The zero-order chi connectivity index (χ0) is 22.0. The van der Waals surface area contributed by atoms with Crippen LogP contribution in [-0.2, 0) is 12.2 Å². The molecule has 2 aromatic carbocycles. The Labute approximate surface area is 188 Å². The maximum Gasteiger partial charge on any atom is 0.266 e. The maximum absolute atomic E-state index is 13.5. The number of hydrogen-bond donors (Lipinski definition) is 0. The first-order chi connectivity index (χ1) is 15.0. The van der Waals surface area contributed by atoms with Crippen molar-refractivity contribution in [1.82, 2.24) is 19.7 Å². The van der Waals surface area contributed by atoms with Crippen LogP contribution >= 0.6 is 23.4 Å². The van der Waals surface area contributed by atoms with E-state index < -0.39 is 0 Å². The fourth-order valence-electron chi connectivity index (χ4n) is 3.22. The Morgan fingerprint density at radius 2 is 2.03 bits per heavy atom. The molecule has 0 bridgehead atoms. The number of hydrogen-bond acceptors (Lipinski definition) is 7. The summed E-state index contributed by atoms with van der Waals surface area (Å²) in [6.07, 6.45) is 1.69. The van der Waals surface area contributed by atoms with Crippen LogP contribution in [0.4, 0.5) is 0 Å². The van der Waals surface area contributed by atoms with Gasteiger partial charge in [-0.1, -0.05) is 41.5 Å². The first-order valence-corrected chi connectivity index (χ1v) is 11.2. The highest BCUT2D eigenvalue weighted by Crippen LogP contribution is 2.30. The van der Waals surface area contributed by atoms with E-state index in [1.165, 1.54) is 11.8 Å². The highest BCUT2D eigenvalue weighted by Gasteiger charge is 2.18. The van der Waals surface area contributed by atoms with E-state index in [0.29, 0.717) is 50.0 Å². The second-order valence-electron chi connectivity index (χ2n) is 7.01. The van der Waals surface area contributed by atoms with E-state index in [1.54, 1.807) is 29.9 Å². The zero-order valence-electron chi connectivity index (χ0n) is 17.4. The molecule has 0 aliphatic rings. The Hall–Kier alpha value is -2.84. The van der Waals surface area contributed by atoms with Gasteiger partial charge >= 0.3 is 0 Å². The number of halogens is 1. The molecule has 0 fully saturated rings. The van der Waals surface area contributed by atoms with Gasteiger partial charge < -0.3 is 9.26 Å². The Morgan fingerprint density at radius 3 is 2.81 bits per heavy atom. The second-order valence-corrected chi connectivity index (χ2v) is 8.39. The van der Waals surface area contributed by atoms with Crippen LogP contribution < -0.4 is 10.3 Å². The molecule has 0 aliphatic heterocycles. The number of nitrogens with zero attached hydrogens (tertiary/aromatic N) is 4. The molecule has 0 radical (unpaired) electrons. The van der Waals surface area contributed by atoms with Crippen molar-refractivity contribution in [1.29, 1.82) is 0 Å². The van der Waals surface area contributed by atoms with Gasteiger partial charge in [0.05, 0.1) is 29.5 Å². The molecule has 0 saturated heterocycles. The summed E-state index contributed by atoms with van der Waals surface area (Å²) in [5.74, 6) is 2.11. The van der Waals surface area contributed by atoms with Crippen LogP contribution in [0.3, 0.4) is 0 Å². The predicted octanol–water partition coefficient (Wildman–Crippen LogP) is 4.98. The third-order valence-corrected chi connectivity index (χ3v) is 5.84. The Bertz CT molecular complexity index is 1300. The van der Waals surface area contributed by atoms with Gasteiger partial charge in [-0.15, -0.1) is 0 Å². The van der Waals surface area contributed by atoms with Crippen molar-refractivity contribution in [2.24, 2.45) is 0 Å². The van der Waals surface area contributed by atoms with Gasteiger partial charge in [0.25, 0.3) is 5.56 Å². The van der Waals surface area contributed by atoms with E-state index in [2.05, 4.69) is 17.1 Å². The van der Waals surface area contributed by atoms with Gasteiger partial charge in [0.2, 0.25) is 5.89 Å². The lowest BCUT2D eigenvalue weighted by Crippen LogP contribution is -2.22. The molecule has 31 heavy (non-hydrogen) atoms. The number of methoxy groups -OCH3 is 1. The van der Waals surface area contributed by atoms with Gasteiger partial charge in [0, 0.05) is 11.4 Å². The molecular weight excluding hydrogens is 436 g/mol. The summed E-state index contributed by atoms with van der Waals surface area (Å²) in [4.78, 5) is 22.6. The maximum atomic E-state index is 13.5. The highest BCUT2D eigenvalue weighted by molar-refractivity contribution is 7.98. The summed E-state index contributed by atoms with van der Waals surface area (Å²) in [5.41, 5.74) is 1.94. The molecule has 2 aromatic heterocycles. The van der Waals surface area contributed by atoms with Gasteiger partial charge in [-0.2, -0.15) is 4.98 Å². The van der Waals surface area contributed by atoms with Crippen molar-refractivity contribution < 1.29 is 9.26 Å². The van der Waals surface area contributed by atoms with Crippen LogP contribution in [0.5, 0.6) is 5.75 Å². The van der Waals surface area contributed by atoms with E-state index in [9.17, 15) is 4.79 Å². The van der Waals surface area contributed by atoms with Crippen molar-refractivity contribution in [2.45, 2.75) is 37.6 Å². The van der Waals surface area contributed by atoms with E-state index >= 15 is 0 Å². The summed E-state index contributed by atoms with van der Waals surface area (Å²) < 4.78 is 12.4. The Kier molecular flexibility index (Phi) is 6.29. The fraction of sp³-hybridized carbons (Fsp3) is 0.273. The van der Waals surface area contributed by atoms with Gasteiger partial charge in [-0.25, -0.2) is 4.98 Å². The van der Waals surface area contributed by atoms with Crippen molar-refractivity contribution in [3.05, 3.63) is 69.1 Å². The van der Waals surface area contributed by atoms with Gasteiger partial charge in [-0.3, -0.25) is 9.36 Å². The van der Waals surface area contributed by atoms with E-state index in [-0.39, 0.29) is 5.56 Å². The molecule has 0 amide bonds. The lowest BCUT2D eigenvalue weighted by Gasteiger charge is -2.16. The standard InChI is InChI=1S/C22H21ClN4O3S/c1-4-5-19-25-20(30-26-19)12-31-22-24-16-11-14(23)7-8-15(16)21(28)27(22)17-10-13(2)6-9-18(17)29-3/h6-11H,4-5,12H2,1-3H3. The fourth-order valence-corrected chi connectivity index (χ4v) is 4.23. The molecule has 0 N–H and O–H groups in total. The average Bonchev–Trinajstić information content (AvgIpc) is 3.20. The van der Waals surface area contributed by atoms with Crippen LogP contribution in [0.1, 0.15) is 30.6 Å². The summed E-state index contributed by atoms with van der Waals surface area (Å²) in [5, 5.41) is 5.46.